The van der Waals surface area contributed by atoms with E-state index in [4.69, 9.17) is 0 Å². The number of hydrogen-bond acceptors (Lipinski definition) is 3. The SMILES string of the molecule is O=C(NBC1CCCCCCCC1)c1nccc(C2CCCC2)n1. The molecule has 2 fully saturated rings. The lowest BCUT2D eigenvalue weighted by Gasteiger charge is -2.15. The summed E-state index contributed by atoms with van der Waals surface area (Å²) in [6.45, 7) is 0. The van der Waals surface area contributed by atoms with Gasteiger partial charge in [0.15, 0.2) is 0 Å². The van der Waals surface area contributed by atoms with Crippen molar-refractivity contribution in [3.8, 4) is 0 Å². The van der Waals surface area contributed by atoms with E-state index in [-0.39, 0.29) is 5.91 Å². The van der Waals surface area contributed by atoms with Crippen molar-refractivity contribution in [1.82, 2.24) is 15.2 Å². The van der Waals surface area contributed by atoms with Gasteiger partial charge in [0.05, 0.1) is 0 Å². The standard InChI is InChI=1S/C19H30BN3O/c24-19(23-20-16-11-5-3-1-2-4-6-12-16)18-21-14-13-17(22-18)15-9-7-8-10-15/h13-16,20H,1-12H2,(H,23,24). The van der Waals surface area contributed by atoms with E-state index < -0.39 is 0 Å². The molecule has 0 aromatic carbocycles. The molecule has 0 bridgehead atoms. The zero-order chi connectivity index (χ0) is 16.6. The fourth-order valence-electron chi connectivity index (χ4n) is 4.17. The van der Waals surface area contributed by atoms with Gasteiger partial charge in [-0.3, -0.25) is 4.79 Å². The molecule has 0 spiro atoms. The number of carbonyl (C=O) groups excluding carboxylic acids is 1. The number of amides is 1. The van der Waals surface area contributed by atoms with Crippen molar-refractivity contribution in [3.05, 3.63) is 23.8 Å². The predicted octanol–water partition coefficient (Wildman–Crippen LogP) is 4.14. The van der Waals surface area contributed by atoms with Gasteiger partial charge in [-0.1, -0.05) is 64.2 Å². The van der Waals surface area contributed by atoms with Crippen molar-refractivity contribution in [2.24, 2.45) is 0 Å². The molecule has 0 unspecified atom stereocenters. The highest BCUT2D eigenvalue weighted by Crippen LogP contribution is 2.32. The van der Waals surface area contributed by atoms with E-state index in [0.717, 1.165) is 13.1 Å². The number of aromatic nitrogens is 2. The Labute approximate surface area is 146 Å². The summed E-state index contributed by atoms with van der Waals surface area (Å²) in [5.74, 6) is 1.39. The first-order valence-electron chi connectivity index (χ1n) is 9.94. The van der Waals surface area contributed by atoms with Crippen molar-refractivity contribution >= 4 is 13.3 Å². The van der Waals surface area contributed by atoms with E-state index in [9.17, 15) is 4.79 Å². The average Bonchev–Trinajstić information content (AvgIpc) is 3.18. The molecule has 0 atom stereocenters. The van der Waals surface area contributed by atoms with Crippen LogP contribution in [0.4, 0.5) is 0 Å². The Bertz CT molecular complexity index is 521. The molecule has 5 heteroatoms. The summed E-state index contributed by atoms with van der Waals surface area (Å²) in [5.41, 5.74) is 1.05. The summed E-state index contributed by atoms with van der Waals surface area (Å²) in [5, 5.41) is 3.09. The Hall–Kier alpha value is -1.39. The van der Waals surface area contributed by atoms with Crippen LogP contribution in [0.5, 0.6) is 0 Å². The van der Waals surface area contributed by atoms with Crippen LogP contribution in [0.1, 0.15) is 99.3 Å². The van der Waals surface area contributed by atoms with Crippen LogP contribution < -0.4 is 5.23 Å². The maximum atomic E-state index is 12.4. The predicted molar refractivity (Wildman–Crippen MR) is 98.5 cm³/mol. The Morgan fingerprint density at radius 2 is 1.58 bits per heavy atom. The summed E-state index contributed by atoms with van der Waals surface area (Å²) in [6, 6.07) is 1.98. The van der Waals surface area contributed by atoms with Crippen LogP contribution in [0.2, 0.25) is 5.82 Å². The normalized spacial score (nSPS) is 20.8. The van der Waals surface area contributed by atoms with E-state index in [1.807, 2.05) is 6.07 Å². The van der Waals surface area contributed by atoms with Crippen molar-refractivity contribution < 1.29 is 4.79 Å². The lowest BCUT2D eigenvalue weighted by Crippen LogP contribution is -2.32. The third-order valence-electron chi connectivity index (χ3n) is 5.68. The van der Waals surface area contributed by atoms with Crippen LogP contribution in [-0.2, 0) is 0 Å². The van der Waals surface area contributed by atoms with Gasteiger partial charge in [0.25, 0.3) is 5.91 Å². The van der Waals surface area contributed by atoms with Crippen LogP contribution in [0.15, 0.2) is 12.3 Å². The number of nitrogens with one attached hydrogen (secondary N) is 1. The molecule has 1 heterocycles. The molecular formula is C19H30BN3O. The van der Waals surface area contributed by atoms with Crippen LogP contribution in [0.3, 0.4) is 0 Å². The molecule has 0 radical (unpaired) electrons. The zero-order valence-corrected chi connectivity index (χ0v) is 14.8. The topological polar surface area (TPSA) is 54.9 Å². The van der Waals surface area contributed by atoms with E-state index in [1.54, 1.807) is 6.20 Å². The van der Waals surface area contributed by atoms with Gasteiger partial charge in [-0.2, -0.15) is 0 Å². The van der Waals surface area contributed by atoms with Crippen molar-refractivity contribution in [2.75, 3.05) is 0 Å². The lowest BCUT2D eigenvalue weighted by molar-refractivity contribution is 0.0969. The van der Waals surface area contributed by atoms with Crippen LogP contribution in [-0.4, -0.2) is 23.3 Å². The molecule has 2 saturated carbocycles. The van der Waals surface area contributed by atoms with Gasteiger partial charge >= 0.3 is 0 Å². The minimum atomic E-state index is -0.102. The molecular weight excluding hydrogens is 297 g/mol. The Kier molecular flexibility index (Phi) is 6.68. The van der Waals surface area contributed by atoms with Gasteiger partial charge in [0.1, 0.15) is 0 Å². The van der Waals surface area contributed by atoms with Crippen molar-refractivity contribution in [3.63, 3.8) is 0 Å². The lowest BCUT2D eigenvalue weighted by atomic mass is 9.70. The third kappa shape index (κ3) is 5.05. The third-order valence-corrected chi connectivity index (χ3v) is 5.68. The van der Waals surface area contributed by atoms with Gasteiger partial charge in [-0.25, -0.2) is 9.97 Å². The minimum Gasteiger partial charge on any atom is -0.396 e. The van der Waals surface area contributed by atoms with Gasteiger partial charge in [-0.05, 0) is 24.7 Å². The first-order chi connectivity index (χ1) is 11.8. The number of rotatable bonds is 4. The maximum Gasteiger partial charge on any atom is 0.276 e. The van der Waals surface area contributed by atoms with E-state index in [1.165, 1.54) is 77.0 Å². The van der Waals surface area contributed by atoms with Crippen LogP contribution in [0, 0.1) is 0 Å². The highest BCUT2D eigenvalue weighted by atomic mass is 16.1. The molecule has 3 rings (SSSR count). The van der Waals surface area contributed by atoms with Crippen molar-refractivity contribution in [2.45, 2.75) is 88.8 Å². The highest BCUT2D eigenvalue weighted by Gasteiger charge is 2.21. The summed E-state index contributed by atoms with van der Waals surface area (Å²) in [4.78, 5) is 21.2. The fraction of sp³-hybridized carbons (Fsp3) is 0.737. The summed E-state index contributed by atoms with van der Waals surface area (Å²) in [7, 11) is 0.774. The monoisotopic (exact) mass is 327 g/mol. The quantitative estimate of drug-likeness (QED) is 0.846. The van der Waals surface area contributed by atoms with E-state index in [2.05, 4.69) is 15.2 Å². The second kappa shape index (κ2) is 9.19. The zero-order valence-electron chi connectivity index (χ0n) is 14.8. The number of nitrogens with zero attached hydrogens (tertiary/aromatic N) is 2. The second-order valence-corrected chi connectivity index (χ2v) is 7.56. The molecule has 4 nitrogen and oxygen atoms in total. The molecule has 1 aromatic heterocycles. The van der Waals surface area contributed by atoms with E-state index >= 15 is 0 Å². The smallest absolute Gasteiger partial charge is 0.276 e. The van der Waals surface area contributed by atoms with Gasteiger partial charge in [-0.15, -0.1) is 0 Å². The first kappa shape index (κ1) is 17.4. The molecule has 0 saturated heterocycles. The maximum absolute atomic E-state index is 12.4. The molecule has 0 aliphatic heterocycles. The second-order valence-electron chi connectivity index (χ2n) is 7.56. The largest absolute Gasteiger partial charge is 0.396 e. The fourth-order valence-corrected chi connectivity index (χ4v) is 4.17. The average molecular weight is 327 g/mol. The van der Waals surface area contributed by atoms with Gasteiger partial charge in [0, 0.05) is 17.8 Å². The van der Waals surface area contributed by atoms with Gasteiger partial charge < -0.3 is 5.23 Å². The number of hydrogen-bond donors (Lipinski definition) is 1. The molecule has 2 aliphatic rings. The number of carbonyl (C=O) groups is 1. The molecule has 1 aromatic rings. The van der Waals surface area contributed by atoms with Crippen molar-refractivity contribution in [1.29, 1.82) is 0 Å². The Balaban J connectivity index is 1.53. The molecule has 130 valence electrons. The van der Waals surface area contributed by atoms with Crippen LogP contribution >= 0.6 is 0 Å². The van der Waals surface area contributed by atoms with Crippen LogP contribution in [0.25, 0.3) is 0 Å². The molecule has 1 N–H and O–H groups in total. The molecule has 1 amide bonds. The summed E-state index contributed by atoms with van der Waals surface area (Å²) in [6.07, 6.45) is 17.2. The molecule has 2 aliphatic carbocycles. The van der Waals surface area contributed by atoms with Gasteiger partial charge in [0.2, 0.25) is 13.2 Å². The Morgan fingerprint density at radius 1 is 0.958 bits per heavy atom. The van der Waals surface area contributed by atoms with E-state index in [0.29, 0.717) is 17.6 Å². The Morgan fingerprint density at radius 3 is 2.29 bits per heavy atom. The summed E-state index contributed by atoms with van der Waals surface area (Å²) < 4.78 is 0. The highest BCUT2D eigenvalue weighted by molar-refractivity contribution is 6.39. The summed E-state index contributed by atoms with van der Waals surface area (Å²) >= 11 is 0. The molecule has 24 heavy (non-hydrogen) atoms. The first-order valence-corrected chi connectivity index (χ1v) is 9.94. The minimum absolute atomic E-state index is 0.102.